The van der Waals surface area contributed by atoms with Crippen LogP contribution in [0.1, 0.15) is 25.7 Å². The molecule has 2 aliphatic heterocycles. The number of rotatable bonds is 1. The third-order valence-electron chi connectivity index (χ3n) is 3.46. The quantitative estimate of drug-likeness (QED) is 0.635. The van der Waals surface area contributed by atoms with E-state index in [0.717, 1.165) is 5.69 Å². The molecular weight excluding hydrogens is 179 g/mol. The van der Waals surface area contributed by atoms with E-state index in [4.69, 9.17) is 0 Å². The molecule has 2 fully saturated rings. The van der Waals surface area contributed by atoms with E-state index in [-0.39, 0.29) is 5.95 Å². The Hall–Kier alpha value is -1.12. The summed E-state index contributed by atoms with van der Waals surface area (Å²) >= 11 is 0. The normalized spacial score (nSPS) is 29.9. The number of fused-ring (bicyclic) bond motifs is 2. The SMILES string of the molecule is Fc1cc(N2C3CCC2CC3)ccn1. The molecule has 1 aromatic rings. The van der Waals surface area contributed by atoms with Crippen LogP contribution in [-0.4, -0.2) is 17.1 Å². The fourth-order valence-corrected chi connectivity index (χ4v) is 2.89. The molecule has 2 aliphatic rings. The molecule has 2 nitrogen and oxygen atoms in total. The van der Waals surface area contributed by atoms with Gasteiger partial charge in [0.25, 0.3) is 0 Å². The van der Waals surface area contributed by atoms with E-state index in [9.17, 15) is 4.39 Å². The van der Waals surface area contributed by atoms with Gasteiger partial charge in [0.05, 0.1) is 0 Å². The molecule has 14 heavy (non-hydrogen) atoms. The summed E-state index contributed by atoms with van der Waals surface area (Å²) < 4.78 is 13.0. The second-order valence-electron chi connectivity index (χ2n) is 4.21. The van der Waals surface area contributed by atoms with E-state index in [0.29, 0.717) is 12.1 Å². The van der Waals surface area contributed by atoms with Crippen LogP contribution in [0.15, 0.2) is 18.3 Å². The lowest BCUT2D eigenvalue weighted by atomic mass is 10.0. The van der Waals surface area contributed by atoms with Crippen molar-refractivity contribution < 1.29 is 4.39 Å². The van der Waals surface area contributed by atoms with Crippen LogP contribution in [0.2, 0.25) is 0 Å². The summed E-state index contributed by atoms with van der Waals surface area (Å²) in [7, 11) is 0. The molecule has 2 saturated heterocycles. The van der Waals surface area contributed by atoms with Crippen LogP contribution >= 0.6 is 0 Å². The Kier molecular flexibility index (Phi) is 1.72. The standard InChI is InChI=1S/C11H13FN2/c12-11-7-10(5-6-13-11)14-8-1-2-9(14)4-3-8/h5-9H,1-4H2. The highest BCUT2D eigenvalue weighted by Gasteiger charge is 2.39. The lowest BCUT2D eigenvalue weighted by Crippen LogP contribution is -2.28. The zero-order valence-corrected chi connectivity index (χ0v) is 7.99. The van der Waals surface area contributed by atoms with Gasteiger partial charge in [-0.15, -0.1) is 0 Å². The van der Waals surface area contributed by atoms with Gasteiger partial charge in [-0.25, -0.2) is 4.98 Å². The predicted molar refractivity (Wildman–Crippen MR) is 52.7 cm³/mol. The first-order valence-corrected chi connectivity index (χ1v) is 5.24. The fraction of sp³-hybridized carbons (Fsp3) is 0.545. The fourth-order valence-electron chi connectivity index (χ4n) is 2.89. The summed E-state index contributed by atoms with van der Waals surface area (Å²) in [6.07, 6.45) is 6.65. The van der Waals surface area contributed by atoms with Crippen LogP contribution in [0.5, 0.6) is 0 Å². The molecule has 0 spiro atoms. The minimum absolute atomic E-state index is 0.367. The Morgan fingerprint density at radius 1 is 1.21 bits per heavy atom. The van der Waals surface area contributed by atoms with Crippen molar-refractivity contribution in [2.75, 3.05) is 4.90 Å². The van der Waals surface area contributed by atoms with Gasteiger partial charge in [-0.05, 0) is 31.7 Å². The van der Waals surface area contributed by atoms with Gasteiger partial charge in [0.2, 0.25) is 5.95 Å². The third-order valence-corrected chi connectivity index (χ3v) is 3.46. The highest BCUT2D eigenvalue weighted by molar-refractivity contribution is 5.49. The lowest BCUT2D eigenvalue weighted by molar-refractivity contribution is 0.576. The van der Waals surface area contributed by atoms with Crippen molar-refractivity contribution in [3.05, 3.63) is 24.3 Å². The zero-order chi connectivity index (χ0) is 9.54. The first kappa shape index (κ1) is 8.21. The molecule has 1 aromatic heterocycles. The van der Waals surface area contributed by atoms with Gasteiger partial charge in [0.15, 0.2) is 0 Å². The van der Waals surface area contributed by atoms with Crippen LogP contribution in [0.3, 0.4) is 0 Å². The number of hydrogen-bond donors (Lipinski definition) is 0. The van der Waals surface area contributed by atoms with Crippen LogP contribution in [-0.2, 0) is 0 Å². The summed E-state index contributed by atoms with van der Waals surface area (Å²) in [5, 5.41) is 0. The topological polar surface area (TPSA) is 16.1 Å². The molecule has 3 heteroatoms. The van der Waals surface area contributed by atoms with Crippen molar-refractivity contribution in [2.45, 2.75) is 37.8 Å². The van der Waals surface area contributed by atoms with Gasteiger partial charge >= 0.3 is 0 Å². The predicted octanol–water partition coefficient (Wildman–Crippen LogP) is 2.35. The highest BCUT2D eigenvalue weighted by Crippen LogP contribution is 2.40. The second kappa shape index (κ2) is 2.94. The molecule has 0 atom stereocenters. The molecule has 74 valence electrons. The molecule has 0 aliphatic carbocycles. The molecule has 3 rings (SSSR count). The number of aromatic nitrogens is 1. The summed E-state index contributed by atoms with van der Waals surface area (Å²) in [6.45, 7) is 0. The Morgan fingerprint density at radius 2 is 1.86 bits per heavy atom. The van der Waals surface area contributed by atoms with Gasteiger partial charge < -0.3 is 4.90 Å². The molecule has 0 saturated carbocycles. The molecular formula is C11H13FN2. The van der Waals surface area contributed by atoms with Gasteiger partial charge in [0.1, 0.15) is 0 Å². The summed E-state index contributed by atoms with van der Waals surface area (Å²) in [4.78, 5) is 5.97. The maximum atomic E-state index is 13.0. The summed E-state index contributed by atoms with van der Waals surface area (Å²) in [6, 6.07) is 4.78. The molecule has 0 radical (unpaired) electrons. The van der Waals surface area contributed by atoms with Gasteiger partial charge in [-0.1, -0.05) is 0 Å². The third kappa shape index (κ3) is 1.11. The van der Waals surface area contributed by atoms with Crippen molar-refractivity contribution in [1.82, 2.24) is 4.98 Å². The van der Waals surface area contributed by atoms with E-state index < -0.39 is 0 Å². The summed E-state index contributed by atoms with van der Waals surface area (Å²) in [5.74, 6) is -0.367. The van der Waals surface area contributed by atoms with E-state index in [1.807, 2.05) is 6.07 Å². The van der Waals surface area contributed by atoms with Crippen LogP contribution < -0.4 is 4.90 Å². The van der Waals surface area contributed by atoms with E-state index in [2.05, 4.69) is 9.88 Å². The van der Waals surface area contributed by atoms with E-state index in [1.165, 1.54) is 25.7 Å². The maximum Gasteiger partial charge on any atom is 0.214 e. The van der Waals surface area contributed by atoms with Crippen LogP contribution in [0.4, 0.5) is 10.1 Å². The average molecular weight is 192 g/mol. The van der Waals surface area contributed by atoms with Gasteiger partial charge in [-0.3, -0.25) is 0 Å². The van der Waals surface area contributed by atoms with Crippen molar-refractivity contribution in [3.63, 3.8) is 0 Å². The molecule has 2 bridgehead atoms. The smallest absolute Gasteiger partial charge is 0.214 e. The average Bonchev–Trinajstić information content (AvgIpc) is 2.76. The van der Waals surface area contributed by atoms with Crippen molar-refractivity contribution in [1.29, 1.82) is 0 Å². The first-order valence-electron chi connectivity index (χ1n) is 5.24. The molecule has 0 unspecified atom stereocenters. The first-order chi connectivity index (χ1) is 6.84. The summed E-state index contributed by atoms with van der Waals surface area (Å²) in [5.41, 5.74) is 1.02. The number of pyridine rings is 1. The Labute approximate surface area is 82.8 Å². The van der Waals surface area contributed by atoms with Gasteiger partial charge in [-0.2, -0.15) is 4.39 Å². The monoisotopic (exact) mass is 192 g/mol. The Bertz CT molecular complexity index is 333. The minimum Gasteiger partial charge on any atom is -0.365 e. The molecule has 0 N–H and O–H groups in total. The minimum atomic E-state index is -0.367. The zero-order valence-electron chi connectivity index (χ0n) is 7.99. The maximum absolute atomic E-state index is 13.0. The molecule has 0 amide bonds. The second-order valence-corrected chi connectivity index (χ2v) is 4.21. The van der Waals surface area contributed by atoms with Crippen LogP contribution in [0, 0.1) is 5.95 Å². The van der Waals surface area contributed by atoms with Crippen molar-refractivity contribution in [2.24, 2.45) is 0 Å². The number of nitrogens with zero attached hydrogens (tertiary/aromatic N) is 2. The van der Waals surface area contributed by atoms with Gasteiger partial charge in [0, 0.05) is 30.0 Å². The molecule has 3 heterocycles. The Balaban J connectivity index is 1.95. The Morgan fingerprint density at radius 3 is 2.43 bits per heavy atom. The number of halogens is 1. The largest absolute Gasteiger partial charge is 0.365 e. The number of hydrogen-bond acceptors (Lipinski definition) is 2. The highest BCUT2D eigenvalue weighted by atomic mass is 19.1. The lowest BCUT2D eigenvalue weighted by Gasteiger charge is -2.24. The van der Waals surface area contributed by atoms with Crippen LogP contribution in [0.25, 0.3) is 0 Å². The van der Waals surface area contributed by atoms with E-state index in [1.54, 1.807) is 12.3 Å². The van der Waals surface area contributed by atoms with E-state index >= 15 is 0 Å². The molecule has 0 aromatic carbocycles. The van der Waals surface area contributed by atoms with Crippen molar-refractivity contribution in [3.8, 4) is 0 Å². The number of anilines is 1. The van der Waals surface area contributed by atoms with Crippen molar-refractivity contribution >= 4 is 5.69 Å².